The molecule has 0 spiro atoms. The third kappa shape index (κ3) is 1.70. The minimum atomic E-state index is -2.88. The van der Waals surface area contributed by atoms with Crippen LogP contribution in [0.3, 0.4) is 0 Å². The first-order valence-corrected chi connectivity index (χ1v) is 4.25. The number of fused-ring (bicyclic) bond motifs is 1. The molecule has 2 rings (SSSR count). The van der Waals surface area contributed by atoms with E-state index in [-0.39, 0.29) is 5.88 Å². The molecule has 0 aliphatic heterocycles. The van der Waals surface area contributed by atoms with Crippen LogP contribution in [0, 0.1) is 0 Å². The number of hydrogen-bond donors (Lipinski definition) is 1. The molecule has 0 bridgehead atoms. The van der Waals surface area contributed by atoms with Crippen molar-refractivity contribution in [2.75, 3.05) is 5.73 Å². The van der Waals surface area contributed by atoms with E-state index in [4.69, 9.17) is 5.73 Å². The van der Waals surface area contributed by atoms with Crippen LogP contribution < -0.4 is 10.5 Å². The first-order chi connectivity index (χ1) is 7.08. The van der Waals surface area contributed by atoms with Crippen molar-refractivity contribution in [2.24, 2.45) is 7.05 Å². The summed E-state index contributed by atoms with van der Waals surface area (Å²) in [6.07, 6.45) is 0. The minimum Gasteiger partial charge on any atom is -0.415 e. The highest BCUT2D eigenvalue weighted by Gasteiger charge is 2.13. The fourth-order valence-electron chi connectivity index (χ4n) is 1.42. The lowest BCUT2D eigenvalue weighted by atomic mass is 10.2. The first-order valence-electron chi connectivity index (χ1n) is 4.25. The molecule has 0 fully saturated rings. The largest absolute Gasteiger partial charge is 0.415 e. The summed E-state index contributed by atoms with van der Waals surface area (Å²) in [7, 11) is 1.65. The van der Waals surface area contributed by atoms with Gasteiger partial charge >= 0.3 is 6.61 Å². The maximum atomic E-state index is 12.1. The quantitative estimate of drug-likeness (QED) is 0.773. The van der Waals surface area contributed by atoms with Crippen molar-refractivity contribution in [3.8, 4) is 5.88 Å². The SMILES string of the molecule is Cn1nc(OC(F)F)c2cc(N)ccc21. The van der Waals surface area contributed by atoms with Crippen LogP contribution in [0.15, 0.2) is 18.2 Å². The van der Waals surface area contributed by atoms with Crippen LogP contribution in [-0.2, 0) is 7.05 Å². The number of halogens is 2. The van der Waals surface area contributed by atoms with Crippen molar-refractivity contribution >= 4 is 16.6 Å². The van der Waals surface area contributed by atoms with Gasteiger partial charge in [-0.3, -0.25) is 4.68 Å². The molecule has 0 amide bonds. The topological polar surface area (TPSA) is 53.1 Å². The summed E-state index contributed by atoms with van der Waals surface area (Å²) in [6, 6.07) is 4.94. The van der Waals surface area contributed by atoms with Gasteiger partial charge in [0.15, 0.2) is 0 Å². The number of alkyl halides is 2. The Hall–Kier alpha value is -1.85. The summed E-state index contributed by atoms with van der Waals surface area (Å²) >= 11 is 0. The van der Waals surface area contributed by atoms with E-state index in [1.54, 1.807) is 25.2 Å². The van der Waals surface area contributed by atoms with Crippen LogP contribution in [0.1, 0.15) is 0 Å². The van der Waals surface area contributed by atoms with Gasteiger partial charge in [-0.2, -0.15) is 8.78 Å². The molecular formula is C9H9F2N3O. The molecule has 0 aliphatic carbocycles. The van der Waals surface area contributed by atoms with Gasteiger partial charge in [0.25, 0.3) is 0 Å². The lowest BCUT2D eigenvalue weighted by molar-refractivity contribution is -0.0521. The van der Waals surface area contributed by atoms with Crippen LogP contribution >= 0.6 is 0 Å². The van der Waals surface area contributed by atoms with Crippen molar-refractivity contribution in [1.82, 2.24) is 9.78 Å². The molecule has 80 valence electrons. The number of nitrogens with zero attached hydrogens (tertiary/aromatic N) is 2. The summed E-state index contributed by atoms with van der Waals surface area (Å²) in [4.78, 5) is 0. The summed E-state index contributed by atoms with van der Waals surface area (Å²) in [5.41, 5.74) is 6.73. The van der Waals surface area contributed by atoms with Gasteiger partial charge < -0.3 is 10.5 Å². The number of anilines is 1. The third-order valence-electron chi connectivity index (χ3n) is 2.04. The fourth-order valence-corrected chi connectivity index (χ4v) is 1.42. The summed E-state index contributed by atoms with van der Waals surface area (Å²) in [5, 5.41) is 4.31. The van der Waals surface area contributed by atoms with Gasteiger partial charge in [0.1, 0.15) is 0 Å². The summed E-state index contributed by atoms with van der Waals surface area (Å²) in [5.74, 6) is -0.102. The van der Waals surface area contributed by atoms with Crippen molar-refractivity contribution in [3.63, 3.8) is 0 Å². The molecule has 0 aliphatic rings. The molecule has 0 saturated heterocycles. The van der Waals surface area contributed by atoms with E-state index in [9.17, 15) is 8.78 Å². The van der Waals surface area contributed by atoms with E-state index >= 15 is 0 Å². The van der Waals surface area contributed by atoms with Crippen molar-refractivity contribution in [3.05, 3.63) is 18.2 Å². The van der Waals surface area contributed by atoms with Crippen LogP contribution in [0.25, 0.3) is 10.9 Å². The Labute approximate surface area is 84.2 Å². The molecule has 2 aromatic rings. The standard InChI is InChI=1S/C9H9F2N3O/c1-14-7-3-2-5(12)4-6(7)8(13-14)15-9(10)11/h2-4,9H,12H2,1H3. The zero-order chi connectivity index (χ0) is 11.0. The van der Waals surface area contributed by atoms with Crippen LogP contribution in [0.2, 0.25) is 0 Å². The van der Waals surface area contributed by atoms with E-state index in [0.717, 1.165) is 0 Å². The third-order valence-corrected chi connectivity index (χ3v) is 2.04. The van der Waals surface area contributed by atoms with Gasteiger partial charge in [-0.25, -0.2) is 0 Å². The zero-order valence-corrected chi connectivity index (χ0v) is 7.95. The lowest BCUT2D eigenvalue weighted by Gasteiger charge is -1.99. The Bertz CT molecular complexity index is 495. The van der Waals surface area contributed by atoms with E-state index < -0.39 is 6.61 Å². The van der Waals surface area contributed by atoms with Gasteiger partial charge in [0.2, 0.25) is 5.88 Å². The Morgan fingerprint density at radius 1 is 1.47 bits per heavy atom. The first kappa shape index (κ1) is 9.70. The van der Waals surface area contributed by atoms with E-state index in [1.807, 2.05) is 0 Å². The van der Waals surface area contributed by atoms with Gasteiger partial charge in [-0.05, 0) is 18.2 Å². The number of ether oxygens (including phenoxy) is 1. The minimum absolute atomic E-state index is 0.102. The molecular weight excluding hydrogens is 204 g/mol. The van der Waals surface area contributed by atoms with Gasteiger partial charge in [-0.15, -0.1) is 5.10 Å². The monoisotopic (exact) mass is 213 g/mol. The van der Waals surface area contributed by atoms with Crippen molar-refractivity contribution in [2.45, 2.75) is 6.61 Å². The molecule has 4 nitrogen and oxygen atoms in total. The zero-order valence-electron chi connectivity index (χ0n) is 7.95. The number of nitrogens with two attached hydrogens (primary N) is 1. The highest BCUT2D eigenvalue weighted by molar-refractivity contribution is 5.87. The Morgan fingerprint density at radius 2 is 2.20 bits per heavy atom. The number of benzene rings is 1. The molecule has 15 heavy (non-hydrogen) atoms. The number of aryl methyl sites for hydroxylation is 1. The predicted molar refractivity (Wildman–Crippen MR) is 51.8 cm³/mol. The highest BCUT2D eigenvalue weighted by Crippen LogP contribution is 2.27. The number of aromatic nitrogens is 2. The van der Waals surface area contributed by atoms with Crippen LogP contribution in [0.4, 0.5) is 14.5 Å². The Balaban J connectivity index is 2.59. The molecule has 0 unspecified atom stereocenters. The summed E-state index contributed by atoms with van der Waals surface area (Å²) in [6.45, 7) is -2.88. The molecule has 2 N–H and O–H groups in total. The Kier molecular flexibility index (Phi) is 2.18. The smallest absolute Gasteiger partial charge is 0.388 e. The van der Waals surface area contributed by atoms with E-state index in [2.05, 4.69) is 9.84 Å². The maximum Gasteiger partial charge on any atom is 0.388 e. The average Bonchev–Trinajstić information content (AvgIpc) is 2.42. The second-order valence-electron chi connectivity index (χ2n) is 3.08. The molecule has 1 heterocycles. The van der Waals surface area contributed by atoms with Crippen molar-refractivity contribution < 1.29 is 13.5 Å². The highest BCUT2D eigenvalue weighted by atomic mass is 19.3. The molecule has 6 heteroatoms. The van der Waals surface area contributed by atoms with Gasteiger partial charge in [-0.1, -0.05) is 0 Å². The average molecular weight is 213 g/mol. The Morgan fingerprint density at radius 3 is 2.87 bits per heavy atom. The normalized spacial score (nSPS) is 11.2. The van der Waals surface area contributed by atoms with E-state index in [1.165, 1.54) is 4.68 Å². The fraction of sp³-hybridized carbons (Fsp3) is 0.222. The van der Waals surface area contributed by atoms with Gasteiger partial charge in [0.05, 0.1) is 10.9 Å². The number of nitrogen functional groups attached to an aromatic ring is 1. The molecule has 1 aromatic carbocycles. The molecule has 0 atom stereocenters. The number of hydrogen-bond acceptors (Lipinski definition) is 3. The van der Waals surface area contributed by atoms with Crippen molar-refractivity contribution in [1.29, 1.82) is 0 Å². The molecule has 0 radical (unpaired) electrons. The van der Waals surface area contributed by atoms with Gasteiger partial charge in [0, 0.05) is 12.7 Å². The second-order valence-corrected chi connectivity index (χ2v) is 3.08. The summed E-state index contributed by atoms with van der Waals surface area (Å²) < 4.78 is 29.9. The predicted octanol–water partition coefficient (Wildman–Crippen LogP) is 1.76. The lowest BCUT2D eigenvalue weighted by Crippen LogP contribution is -2.03. The number of rotatable bonds is 2. The van der Waals surface area contributed by atoms with Crippen LogP contribution in [-0.4, -0.2) is 16.4 Å². The molecule has 0 saturated carbocycles. The maximum absolute atomic E-state index is 12.1. The second kappa shape index (κ2) is 3.38. The molecule has 1 aromatic heterocycles. The van der Waals surface area contributed by atoms with Crippen LogP contribution in [0.5, 0.6) is 5.88 Å². The van der Waals surface area contributed by atoms with E-state index in [0.29, 0.717) is 16.6 Å².